The molecule has 5 rings (SSSR count). The zero-order chi connectivity index (χ0) is 19.4. The third-order valence-corrected chi connectivity index (χ3v) is 6.35. The van der Waals surface area contributed by atoms with Crippen molar-refractivity contribution < 1.29 is 5.11 Å². The standard InChI is InChI=1S/C21H24BrN5O/c1-25(2)10-4-5-13-8-9-17-19(20(13)28)26-11-16(22)14-6-3-7-15(18(14)26)21-24-23-12-27(17)21/h3,6-9,11,21,23-24,28H,4-5,10,12H2,1-2H3. The Hall–Kier alpha value is -2.06. The smallest absolute Gasteiger partial charge is 0.144 e. The Morgan fingerprint density at radius 3 is 2.93 bits per heavy atom. The van der Waals surface area contributed by atoms with E-state index in [0.717, 1.165) is 51.7 Å². The fraction of sp³-hybridized carbons (Fsp3) is 0.333. The molecule has 2 aromatic carbocycles. The highest BCUT2D eigenvalue weighted by atomic mass is 79.9. The molecule has 0 saturated carbocycles. The first-order chi connectivity index (χ1) is 13.6. The zero-order valence-corrected chi connectivity index (χ0v) is 17.6. The number of aromatic hydroxyl groups is 1. The van der Waals surface area contributed by atoms with Gasteiger partial charge in [0.25, 0.3) is 0 Å². The Kier molecular flexibility index (Phi) is 4.35. The van der Waals surface area contributed by atoms with E-state index in [2.05, 4.69) is 91.8 Å². The van der Waals surface area contributed by atoms with Crippen molar-refractivity contribution in [3.63, 3.8) is 0 Å². The molecular weight excluding hydrogens is 418 g/mol. The Morgan fingerprint density at radius 1 is 1.25 bits per heavy atom. The highest BCUT2D eigenvalue weighted by Crippen LogP contribution is 2.46. The molecule has 0 radical (unpaired) electrons. The van der Waals surface area contributed by atoms with Crippen LogP contribution in [0.2, 0.25) is 0 Å². The molecule has 7 heteroatoms. The summed E-state index contributed by atoms with van der Waals surface area (Å²) in [6.45, 7) is 1.68. The predicted octanol–water partition coefficient (Wildman–Crippen LogP) is 3.48. The third kappa shape index (κ3) is 2.65. The number of phenolic OH excluding ortho intramolecular Hbond substituents is 1. The van der Waals surface area contributed by atoms with Crippen LogP contribution in [0.3, 0.4) is 0 Å². The number of nitrogens with one attached hydrogen (secondary N) is 2. The van der Waals surface area contributed by atoms with Gasteiger partial charge in [0.15, 0.2) is 0 Å². The van der Waals surface area contributed by atoms with Gasteiger partial charge in [-0.05, 0) is 61.0 Å². The number of fused-ring (bicyclic) bond motifs is 5. The minimum absolute atomic E-state index is 0.0180. The molecular formula is C21H24BrN5O. The van der Waals surface area contributed by atoms with Crippen molar-refractivity contribution in [2.24, 2.45) is 0 Å². The third-order valence-electron chi connectivity index (χ3n) is 5.72. The molecule has 1 saturated heterocycles. The van der Waals surface area contributed by atoms with E-state index in [1.807, 2.05) is 0 Å². The molecule has 2 aliphatic rings. The van der Waals surface area contributed by atoms with Crippen molar-refractivity contribution in [2.75, 3.05) is 32.2 Å². The average Bonchev–Trinajstić information content (AvgIpc) is 3.25. The number of hydrogen-bond acceptors (Lipinski definition) is 5. The quantitative estimate of drug-likeness (QED) is 0.578. The number of hydrogen-bond donors (Lipinski definition) is 3. The lowest BCUT2D eigenvalue weighted by molar-refractivity contribution is 0.397. The summed E-state index contributed by atoms with van der Waals surface area (Å²) in [6, 6.07) is 10.6. The first-order valence-electron chi connectivity index (χ1n) is 9.60. The van der Waals surface area contributed by atoms with Crippen LogP contribution in [0.4, 0.5) is 5.69 Å². The van der Waals surface area contributed by atoms with Crippen LogP contribution in [0, 0.1) is 0 Å². The topological polar surface area (TPSA) is 55.7 Å². The lowest BCUT2D eigenvalue weighted by Crippen LogP contribution is -2.27. The van der Waals surface area contributed by atoms with Gasteiger partial charge in [0.2, 0.25) is 0 Å². The van der Waals surface area contributed by atoms with Crippen LogP contribution in [-0.4, -0.2) is 41.9 Å². The van der Waals surface area contributed by atoms with Crippen molar-refractivity contribution in [3.8, 4) is 11.4 Å². The van der Waals surface area contributed by atoms with Gasteiger partial charge >= 0.3 is 0 Å². The number of nitrogens with zero attached hydrogens (tertiary/aromatic N) is 3. The number of rotatable bonds is 4. The van der Waals surface area contributed by atoms with Crippen molar-refractivity contribution in [3.05, 3.63) is 52.1 Å². The summed E-state index contributed by atoms with van der Waals surface area (Å²) < 4.78 is 3.18. The van der Waals surface area contributed by atoms with Gasteiger partial charge in [0, 0.05) is 21.6 Å². The molecule has 0 amide bonds. The summed E-state index contributed by atoms with van der Waals surface area (Å²) in [5, 5.41) is 12.5. The number of anilines is 1. The fourth-order valence-electron chi connectivity index (χ4n) is 4.40. The van der Waals surface area contributed by atoms with Crippen molar-refractivity contribution in [1.29, 1.82) is 0 Å². The summed E-state index contributed by atoms with van der Waals surface area (Å²) in [5.41, 5.74) is 11.8. The second kappa shape index (κ2) is 6.77. The maximum Gasteiger partial charge on any atom is 0.144 e. The van der Waals surface area contributed by atoms with E-state index < -0.39 is 0 Å². The molecule has 28 heavy (non-hydrogen) atoms. The van der Waals surface area contributed by atoms with Crippen molar-refractivity contribution in [2.45, 2.75) is 19.0 Å². The number of para-hydroxylation sites is 1. The number of benzene rings is 2. The maximum atomic E-state index is 11.3. The highest BCUT2D eigenvalue weighted by molar-refractivity contribution is 9.10. The number of phenols is 1. The molecule has 1 atom stereocenters. The van der Waals surface area contributed by atoms with Crippen LogP contribution in [0.1, 0.15) is 23.7 Å². The number of halogens is 1. The molecule has 0 spiro atoms. The van der Waals surface area contributed by atoms with E-state index in [-0.39, 0.29) is 6.17 Å². The molecule has 1 fully saturated rings. The van der Waals surface area contributed by atoms with Crippen molar-refractivity contribution in [1.82, 2.24) is 20.3 Å². The first-order valence-corrected chi connectivity index (χ1v) is 10.4. The summed E-state index contributed by atoms with van der Waals surface area (Å²) in [5.74, 6) is 0.378. The Balaban J connectivity index is 1.72. The lowest BCUT2D eigenvalue weighted by atomic mass is 10.0. The number of hydrazine groups is 1. The van der Waals surface area contributed by atoms with E-state index in [4.69, 9.17) is 0 Å². The summed E-state index contributed by atoms with van der Waals surface area (Å²) in [6.07, 6.45) is 3.96. The molecule has 1 aromatic heterocycles. The van der Waals surface area contributed by atoms with Crippen LogP contribution in [-0.2, 0) is 6.42 Å². The fourth-order valence-corrected chi connectivity index (χ4v) is 4.93. The predicted molar refractivity (Wildman–Crippen MR) is 116 cm³/mol. The summed E-state index contributed by atoms with van der Waals surface area (Å²) in [4.78, 5) is 4.45. The van der Waals surface area contributed by atoms with Gasteiger partial charge in [-0.15, -0.1) is 0 Å². The van der Waals surface area contributed by atoms with Gasteiger partial charge < -0.3 is 19.5 Å². The second-order valence-corrected chi connectivity index (χ2v) is 8.64. The summed E-state index contributed by atoms with van der Waals surface area (Å²) in [7, 11) is 4.16. The van der Waals surface area contributed by atoms with Gasteiger partial charge in [-0.2, -0.15) is 0 Å². The minimum atomic E-state index is 0.0180. The second-order valence-electron chi connectivity index (χ2n) is 7.79. The van der Waals surface area contributed by atoms with Crippen LogP contribution < -0.4 is 15.8 Å². The Bertz CT molecular complexity index is 1060. The monoisotopic (exact) mass is 441 g/mol. The van der Waals surface area contributed by atoms with Crippen LogP contribution in [0.5, 0.6) is 5.75 Å². The van der Waals surface area contributed by atoms with E-state index >= 15 is 0 Å². The van der Waals surface area contributed by atoms with Gasteiger partial charge in [-0.3, -0.25) is 0 Å². The molecule has 3 heterocycles. The van der Waals surface area contributed by atoms with Gasteiger partial charge in [0.1, 0.15) is 17.6 Å². The van der Waals surface area contributed by atoms with Gasteiger partial charge in [-0.1, -0.05) is 24.3 Å². The molecule has 3 N–H and O–H groups in total. The van der Waals surface area contributed by atoms with Gasteiger partial charge in [0.05, 0.1) is 17.9 Å². The molecule has 2 aliphatic heterocycles. The van der Waals surface area contributed by atoms with Crippen LogP contribution in [0.25, 0.3) is 16.6 Å². The summed E-state index contributed by atoms with van der Waals surface area (Å²) >= 11 is 3.71. The lowest BCUT2D eigenvalue weighted by Gasteiger charge is -2.25. The van der Waals surface area contributed by atoms with E-state index in [1.165, 1.54) is 5.56 Å². The van der Waals surface area contributed by atoms with E-state index in [1.54, 1.807) is 0 Å². The highest BCUT2D eigenvalue weighted by Gasteiger charge is 2.35. The Labute approximate surface area is 172 Å². The first kappa shape index (κ1) is 18.0. The maximum absolute atomic E-state index is 11.3. The molecule has 0 bridgehead atoms. The average molecular weight is 442 g/mol. The van der Waals surface area contributed by atoms with Crippen LogP contribution >= 0.6 is 15.9 Å². The Morgan fingerprint density at radius 2 is 2.11 bits per heavy atom. The molecule has 3 aromatic rings. The normalized spacial score (nSPS) is 17.9. The molecule has 0 aliphatic carbocycles. The molecule has 146 valence electrons. The molecule has 6 nitrogen and oxygen atoms in total. The largest absolute Gasteiger partial charge is 0.505 e. The number of aryl methyl sites for hydroxylation is 1. The molecule has 1 unspecified atom stereocenters. The van der Waals surface area contributed by atoms with Crippen LogP contribution in [0.15, 0.2) is 41.0 Å². The number of aromatic nitrogens is 1. The van der Waals surface area contributed by atoms with E-state index in [9.17, 15) is 5.11 Å². The SMILES string of the molecule is CN(C)CCCc1ccc2c(c1O)-n1cc(Br)c3cccc(c31)C1NNCN21. The van der Waals surface area contributed by atoms with E-state index in [0.29, 0.717) is 12.4 Å². The van der Waals surface area contributed by atoms with Gasteiger partial charge in [-0.25, -0.2) is 10.9 Å². The zero-order valence-electron chi connectivity index (χ0n) is 16.0. The minimum Gasteiger partial charge on any atom is -0.505 e. The van der Waals surface area contributed by atoms with Crippen molar-refractivity contribution >= 4 is 32.5 Å².